The minimum absolute atomic E-state index is 0.0386. The Hall–Kier alpha value is -0.150. The van der Waals surface area contributed by atoms with Crippen molar-refractivity contribution >= 4 is 23.5 Å². The summed E-state index contributed by atoms with van der Waals surface area (Å²) in [5, 5.41) is 0. The molecule has 14 heavy (non-hydrogen) atoms. The number of benzene rings is 1. The maximum absolute atomic E-state index is 10.6. The molecule has 0 aliphatic rings. The molecule has 1 rings (SSSR count). The summed E-state index contributed by atoms with van der Waals surface area (Å²) in [4.78, 5) is 17.3. The second-order valence-corrected chi connectivity index (χ2v) is 5.81. The first-order chi connectivity index (χ1) is 6.47. The van der Waals surface area contributed by atoms with Gasteiger partial charge in [0.2, 0.25) is 0 Å². The SMILES string of the molecule is O=P(O)(O)CCCc1ccc(Br)cc1. The predicted octanol–water partition coefficient (Wildman–Crippen LogP) is 2.56. The molecular formula is C9H12BrO3P. The fourth-order valence-electron chi connectivity index (χ4n) is 1.14. The molecule has 0 unspecified atom stereocenters. The molecule has 0 radical (unpaired) electrons. The quantitative estimate of drug-likeness (QED) is 0.833. The van der Waals surface area contributed by atoms with Crippen molar-refractivity contribution in [2.75, 3.05) is 6.16 Å². The summed E-state index contributed by atoms with van der Waals surface area (Å²) in [6, 6.07) is 7.74. The van der Waals surface area contributed by atoms with Gasteiger partial charge in [0.05, 0.1) is 6.16 Å². The van der Waals surface area contributed by atoms with E-state index in [1.54, 1.807) is 0 Å². The maximum atomic E-state index is 10.6. The van der Waals surface area contributed by atoms with Gasteiger partial charge in [0.25, 0.3) is 0 Å². The van der Waals surface area contributed by atoms with Crippen LogP contribution in [0.3, 0.4) is 0 Å². The van der Waals surface area contributed by atoms with Gasteiger partial charge in [-0.1, -0.05) is 28.1 Å². The number of rotatable bonds is 4. The van der Waals surface area contributed by atoms with Gasteiger partial charge in [-0.25, -0.2) is 0 Å². The van der Waals surface area contributed by atoms with E-state index in [-0.39, 0.29) is 6.16 Å². The Morgan fingerprint density at radius 1 is 1.21 bits per heavy atom. The molecule has 0 fully saturated rings. The summed E-state index contributed by atoms with van der Waals surface area (Å²) in [5.41, 5.74) is 1.10. The van der Waals surface area contributed by atoms with Gasteiger partial charge >= 0.3 is 7.60 Å². The third kappa shape index (κ3) is 4.91. The molecule has 1 aromatic rings. The topological polar surface area (TPSA) is 57.5 Å². The molecule has 0 amide bonds. The van der Waals surface area contributed by atoms with E-state index in [2.05, 4.69) is 15.9 Å². The Bertz CT molecular complexity index is 330. The molecule has 5 heteroatoms. The smallest absolute Gasteiger partial charge is 0.324 e. The maximum Gasteiger partial charge on any atom is 0.325 e. The van der Waals surface area contributed by atoms with Crippen LogP contribution in [0.15, 0.2) is 28.7 Å². The fraction of sp³-hybridized carbons (Fsp3) is 0.333. The number of halogens is 1. The van der Waals surface area contributed by atoms with E-state index in [0.29, 0.717) is 12.8 Å². The van der Waals surface area contributed by atoms with E-state index >= 15 is 0 Å². The molecule has 0 heterocycles. The van der Waals surface area contributed by atoms with Gasteiger partial charge in [-0.3, -0.25) is 4.57 Å². The van der Waals surface area contributed by atoms with Gasteiger partial charge in [-0.2, -0.15) is 0 Å². The van der Waals surface area contributed by atoms with Crippen LogP contribution in [0.5, 0.6) is 0 Å². The van der Waals surface area contributed by atoms with Crippen molar-refractivity contribution in [3.05, 3.63) is 34.3 Å². The lowest BCUT2D eigenvalue weighted by molar-refractivity contribution is 0.371. The molecule has 3 nitrogen and oxygen atoms in total. The van der Waals surface area contributed by atoms with Crippen molar-refractivity contribution < 1.29 is 14.4 Å². The molecular weight excluding hydrogens is 267 g/mol. The highest BCUT2D eigenvalue weighted by atomic mass is 79.9. The highest BCUT2D eigenvalue weighted by Crippen LogP contribution is 2.35. The van der Waals surface area contributed by atoms with Crippen LogP contribution in [0.1, 0.15) is 12.0 Å². The van der Waals surface area contributed by atoms with E-state index in [1.807, 2.05) is 24.3 Å². The Kier molecular flexibility index (Phi) is 4.32. The third-order valence-electron chi connectivity index (χ3n) is 1.83. The first kappa shape index (κ1) is 11.9. The number of hydrogen-bond acceptors (Lipinski definition) is 1. The lowest BCUT2D eigenvalue weighted by Gasteiger charge is -2.03. The van der Waals surface area contributed by atoms with Crippen LogP contribution in [0, 0.1) is 0 Å². The van der Waals surface area contributed by atoms with Crippen molar-refractivity contribution in [3.63, 3.8) is 0 Å². The summed E-state index contributed by atoms with van der Waals surface area (Å²) in [7, 11) is -3.82. The molecule has 0 saturated carbocycles. The predicted molar refractivity (Wildman–Crippen MR) is 59.4 cm³/mol. The molecule has 1 aromatic carbocycles. The van der Waals surface area contributed by atoms with Crippen molar-refractivity contribution in [2.24, 2.45) is 0 Å². The molecule has 2 N–H and O–H groups in total. The van der Waals surface area contributed by atoms with E-state index in [0.717, 1.165) is 10.0 Å². The fourth-order valence-corrected chi connectivity index (χ4v) is 1.97. The van der Waals surface area contributed by atoms with E-state index < -0.39 is 7.60 Å². The van der Waals surface area contributed by atoms with Crippen LogP contribution in [-0.2, 0) is 11.0 Å². The van der Waals surface area contributed by atoms with Crippen LogP contribution in [-0.4, -0.2) is 15.9 Å². The van der Waals surface area contributed by atoms with Crippen LogP contribution < -0.4 is 0 Å². The van der Waals surface area contributed by atoms with Crippen molar-refractivity contribution in [1.82, 2.24) is 0 Å². The molecule has 0 aliphatic heterocycles. The van der Waals surface area contributed by atoms with Crippen LogP contribution in [0.25, 0.3) is 0 Å². The Balaban J connectivity index is 2.39. The molecule has 0 spiro atoms. The van der Waals surface area contributed by atoms with Crippen molar-refractivity contribution in [2.45, 2.75) is 12.8 Å². The standard InChI is InChI=1S/C9H12BrO3P/c10-9-5-3-8(4-6-9)2-1-7-14(11,12)13/h3-6H,1-2,7H2,(H2,11,12,13). The Morgan fingerprint density at radius 3 is 2.29 bits per heavy atom. The summed E-state index contributed by atoms with van der Waals surface area (Å²) >= 11 is 3.32. The van der Waals surface area contributed by atoms with Gasteiger partial charge in [0.15, 0.2) is 0 Å². The lowest BCUT2D eigenvalue weighted by atomic mass is 10.1. The highest BCUT2D eigenvalue weighted by Gasteiger charge is 2.11. The summed E-state index contributed by atoms with van der Waals surface area (Å²) in [5.74, 6) is 0. The molecule has 0 atom stereocenters. The molecule has 0 aromatic heterocycles. The third-order valence-corrected chi connectivity index (χ3v) is 3.26. The minimum Gasteiger partial charge on any atom is -0.324 e. The van der Waals surface area contributed by atoms with Gasteiger partial charge in [0, 0.05) is 4.47 Å². The number of hydrogen-bond donors (Lipinski definition) is 2. The van der Waals surface area contributed by atoms with E-state index in [9.17, 15) is 4.57 Å². The normalized spacial score (nSPS) is 11.6. The average molecular weight is 279 g/mol. The largest absolute Gasteiger partial charge is 0.325 e. The molecule has 0 saturated heterocycles. The van der Waals surface area contributed by atoms with Crippen LogP contribution >= 0.6 is 23.5 Å². The zero-order valence-corrected chi connectivity index (χ0v) is 10.0. The number of aryl methyl sites for hydroxylation is 1. The second-order valence-electron chi connectivity index (χ2n) is 3.12. The van der Waals surface area contributed by atoms with Crippen molar-refractivity contribution in [1.29, 1.82) is 0 Å². The van der Waals surface area contributed by atoms with Gasteiger partial charge < -0.3 is 9.79 Å². The van der Waals surface area contributed by atoms with Gasteiger partial charge in [0.1, 0.15) is 0 Å². The van der Waals surface area contributed by atoms with E-state index in [4.69, 9.17) is 9.79 Å². The zero-order valence-electron chi connectivity index (χ0n) is 7.56. The minimum atomic E-state index is -3.82. The summed E-state index contributed by atoms with van der Waals surface area (Å²) in [6.45, 7) is 0. The molecule has 0 bridgehead atoms. The van der Waals surface area contributed by atoms with Gasteiger partial charge in [-0.15, -0.1) is 0 Å². The lowest BCUT2D eigenvalue weighted by Crippen LogP contribution is -1.91. The van der Waals surface area contributed by atoms with Crippen molar-refractivity contribution in [3.8, 4) is 0 Å². The highest BCUT2D eigenvalue weighted by molar-refractivity contribution is 9.10. The molecule has 78 valence electrons. The van der Waals surface area contributed by atoms with Crippen LogP contribution in [0.4, 0.5) is 0 Å². The van der Waals surface area contributed by atoms with Gasteiger partial charge in [-0.05, 0) is 30.5 Å². The van der Waals surface area contributed by atoms with Crippen LogP contribution in [0.2, 0.25) is 0 Å². The average Bonchev–Trinajstić information content (AvgIpc) is 2.06. The second kappa shape index (κ2) is 5.08. The Morgan fingerprint density at radius 2 is 1.79 bits per heavy atom. The first-order valence-electron chi connectivity index (χ1n) is 4.26. The first-order valence-corrected chi connectivity index (χ1v) is 6.85. The summed E-state index contributed by atoms with van der Waals surface area (Å²) < 4.78 is 11.6. The molecule has 0 aliphatic carbocycles. The zero-order chi connectivity index (χ0) is 10.6. The summed E-state index contributed by atoms with van der Waals surface area (Å²) in [6.07, 6.45) is 1.19. The van der Waals surface area contributed by atoms with E-state index in [1.165, 1.54) is 0 Å². The Labute approximate surface area is 91.4 Å². The monoisotopic (exact) mass is 278 g/mol.